The van der Waals surface area contributed by atoms with E-state index in [2.05, 4.69) is 10.3 Å². The highest BCUT2D eigenvalue weighted by molar-refractivity contribution is 7.22. The van der Waals surface area contributed by atoms with Crippen molar-refractivity contribution in [2.24, 2.45) is 5.73 Å². The van der Waals surface area contributed by atoms with Crippen LogP contribution in [0.1, 0.15) is 31.3 Å². The lowest BCUT2D eigenvalue weighted by molar-refractivity contribution is 0.0952. The van der Waals surface area contributed by atoms with Crippen LogP contribution in [-0.2, 0) is 6.54 Å². The van der Waals surface area contributed by atoms with Crippen LogP contribution >= 0.6 is 22.7 Å². The Kier molecular flexibility index (Phi) is 4.73. The highest BCUT2D eigenvalue weighted by Gasteiger charge is 2.16. The number of nitrogens with one attached hydrogen (secondary N) is 1. The average Bonchev–Trinajstić information content (AvgIpc) is 3.22. The molecule has 2 aromatic heterocycles. The molecule has 0 fully saturated rings. The van der Waals surface area contributed by atoms with Crippen molar-refractivity contribution in [1.29, 1.82) is 0 Å². The first-order valence-corrected chi connectivity index (χ1v) is 8.92. The fourth-order valence-corrected chi connectivity index (χ4v) is 3.94. The van der Waals surface area contributed by atoms with Crippen molar-refractivity contribution in [3.63, 3.8) is 0 Å². The van der Waals surface area contributed by atoms with Gasteiger partial charge in [0.15, 0.2) is 0 Å². The Morgan fingerprint density at radius 2 is 1.96 bits per heavy atom. The van der Waals surface area contributed by atoms with E-state index in [0.717, 1.165) is 21.1 Å². The van der Waals surface area contributed by atoms with Crippen LogP contribution in [0.5, 0.6) is 0 Å². The van der Waals surface area contributed by atoms with Crippen LogP contribution in [0, 0.1) is 6.92 Å². The van der Waals surface area contributed by atoms with Crippen molar-refractivity contribution in [3.8, 4) is 9.88 Å². The number of aryl methyl sites for hydroxylation is 1. The summed E-state index contributed by atoms with van der Waals surface area (Å²) in [5.74, 6) is -0.612. The molecular weight excluding hydrogens is 342 g/mol. The van der Waals surface area contributed by atoms with Crippen LogP contribution in [-0.4, -0.2) is 16.8 Å². The maximum atomic E-state index is 12.4. The van der Waals surface area contributed by atoms with Crippen molar-refractivity contribution in [1.82, 2.24) is 10.3 Å². The number of nitrogens with two attached hydrogens (primary N) is 1. The molecule has 0 saturated heterocycles. The summed E-state index contributed by atoms with van der Waals surface area (Å²) in [6.07, 6.45) is 0. The lowest BCUT2D eigenvalue weighted by Gasteiger charge is -2.05. The molecule has 5 nitrogen and oxygen atoms in total. The zero-order valence-electron chi connectivity index (χ0n) is 12.9. The standard InChI is InChI=1S/C17H15N3O2S2/c1-10-14(24-17(20-10)13-3-2-8-23-13)16(22)19-9-11-4-6-12(7-5-11)15(18)21/h2-8H,9H2,1H3,(H2,18,21)(H,19,22). The van der Waals surface area contributed by atoms with E-state index < -0.39 is 5.91 Å². The van der Waals surface area contributed by atoms with Gasteiger partial charge in [-0.1, -0.05) is 18.2 Å². The number of hydrogen-bond donors (Lipinski definition) is 2. The number of hydrogen-bond acceptors (Lipinski definition) is 5. The lowest BCUT2D eigenvalue weighted by Crippen LogP contribution is -2.22. The topological polar surface area (TPSA) is 85.1 Å². The van der Waals surface area contributed by atoms with Crippen LogP contribution in [0.25, 0.3) is 9.88 Å². The van der Waals surface area contributed by atoms with Crippen molar-refractivity contribution in [2.45, 2.75) is 13.5 Å². The molecule has 7 heteroatoms. The van der Waals surface area contributed by atoms with Crippen LogP contribution in [0.4, 0.5) is 0 Å². The van der Waals surface area contributed by atoms with E-state index in [9.17, 15) is 9.59 Å². The average molecular weight is 357 g/mol. The SMILES string of the molecule is Cc1nc(-c2cccs2)sc1C(=O)NCc1ccc(C(N)=O)cc1. The molecule has 0 radical (unpaired) electrons. The third-order valence-corrected chi connectivity index (χ3v) is 5.62. The van der Waals surface area contributed by atoms with Gasteiger partial charge >= 0.3 is 0 Å². The summed E-state index contributed by atoms with van der Waals surface area (Å²) < 4.78 is 0. The number of aromatic nitrogens is 1. The number of thiazole rings is 1. The summed E-state index contributed by atoms with van der Waals surface area (Å²) in [5, 5.41) is 5.73. The number of amides is 2. The van der Waals surface area contributed by atoms with Gasteiger partial charge in [0.2, 0.25) is 5.91 Å². The quantitative estimate of drug-likeness (QED) is 0.735. The summed E-state index contributed by atoms with van der Waals surface area (Å²) in [4.78, 5) is 29.6. The number of carbonyl (C=O) groups excluding carboxylic acids is 2. The third-order valence-electron chi connectivity index (χ3n) is 3.43. The van der Waals surface area contributed by atoms with Crippen molar-refractivity contribution in [2.75, 3.05) is 0 Å². The van der Waals surface area contributed by atoms with Crippen molar-refractivity contribution in [3.05, 3.63) is 63.5 Å². The van der Waals surface area contributed by atoms with Gasteiger partial charge in [-0.3, -0.25) is 9.59 Å². The van der Waals surface area contributed by atoms with Crippen molar-refractivity contribution >= 4 is 34.5 Å². The second-order valence-electron chi connectivity index (χ2n) is 5.15. The lowest BCUT2D eigenvalue weighted by atomic mass is 10.1. The van der Waals surface area contributed by atoms with Crippen LogP contribution < -0.4 is 11.1 Å². The largest absolute Gasteiger partial charge is 0.366 e. The summed E-state index contributed by atoms with van der Waals surface area (Å²) in [6.45, 7) is 2.22. The van der Waals surface area contributed by atoms with E-state index in [1.807, 2.05) is 24.4 Å². The molecule has 0 aliphatic carbocycles. The summed E-state index contributed by atoms with van der Waals surface area (Å²) >= 11 is 3.00. The van der Waals surface area contributed by atoms with E-state index in [4.69, 9.17) is 5.73 Å². The van der Waals surface area contributed by atoms with Gasteiger partial charge in [0.25, 0.3) is 5.91 Å². The molecule has 3 rings (SSSR count). The van der Waals surface area contributed by atoms with Crippen LogP contribution in [0.2, 0.25) is 0 Å². The maximum Gasteiger partial charge on any atom is 0.263 e. The predicted octanol–water partition coefficient (Wildman–Crippen LogP) is 3.21. The Labute approximate surface area is 147 Å². The van der Waals surface area contributed by atoms with E-state index in [1.54, 1.807) is 35.6 Å². The molecule has 0 spiro atoms. The van der Waals surface area contributed by atoms with Gasteiger partial charge in [-0.15, -0.1) is 22.7 Å². The van der Waals surface area contributed by atoms with Gasteiger partial charge in [-0.05, 0) is 36.1 Å². The molecule has 0 saturated carbocycles. The van der Waals surface area contributed by atoms with E-state index >= 15 is 0 Å². The molecule has 24 heavy (non-hydrogen) atoms. The predicted molar refractivity (Wildman–Crippen MR) is 96.3 cm³/mol. The number of rotatable bonds is 5. The fourth-order valence-electron chi connectivity index (χ4n) is 2.16. The molecule has 0 atom stereocenters. The van der Waals surface area contributed by atoms with Crippen LogP contribution in [0.3, 0.4) is 0 Å². The molecule has 0 aliphatic rings. The highest BCUT2D eigenvalue weighted by atomic mass is 32.1. The normalized spacial score (nSPS) is 10.5. The third kappa shape index (κ3) is 3.52. The molecule has 2 amide bonds. The molecule has 0 unspecified atom stereocenters. The Hall–Kier alpha value is -2.51. The monoisotopic (exact) mass is 357 g/mol. The Bertz CT molecular complexity index is 868. The summed E-state index contributed by atoms with van der Waals surface area (Å²) in [5.41, 5.74) is 7.28. The van der Waals surface area contributed by atoms with Gasteiger partial charge in [0.05, 0.1) is 10.6 Å². The number of benzene rings is 1. The van der Waals surface area contributed by atoms with E-state index in [1.165, 1.54) is 11.3 Å². The molecule has 3 N–H and O–H groups in total. The summed E-state index contributed by atoms with van der Waals surface area (Å²) in [6, 6.07) is 10.8. The highest BCUT2D eigenvalue weighted by Crippen LogP contribution is 2.30. The minimum atomic E-state index is -0.466. The molecule has 3 aromatic rings. The van der Waals surface area contributed by atoms with Gasteiger partial charge in [0.1, 0.15) is 9.88 Å². The molecule has 122 valence electrons. The maximum absolute atomic E-state index is 12.4. The Morgan fingerprint density at radius 1 is 1.21 bits per heavy atom. The van der Waals surface area contributed by atoms with E-state index in [0.29, 0.717) is 17.0 Å². The second-order valence-corrected chi connectivity index (χ2v) is 7.10. The zero-order chi connectivity index (χ0) is 17.1. The minimum absolute atomic E-state index is 0.146. The number of primary amides is 1. The van der Waals surface area contributed by atoms with Crippen LogP contribution in [0.15, 0.2) is 41.8 Å². The van der Waals surface area contributed by atoms with Crippen molar-refractivity contribution < 1.29 is 9.59 Å². The first kappa shape index (κ1) is 16.4. The smallest absolute Gasteiger partial charge is 0.263 e. The number of nitrogens with zero attached hydrogens (tertiary/aromatic N) is 1. The van der Waals surface area contributed by atoms with Gasteiger partial charge in [-0.2, -0.15) is 0 Å². The first-order chi connectivity index (χ1) is 11.5. The molecule has 1 aromatic carbocycles. The van der Waals surface area contributed by atoms with Gasteiger partial charge in [-0.25, -0.2) is 4.98 Å². The molecule has 2 heterocycles. The Morgan fingerprint density at radius 3 is 2.58 bits per heavy atom. The minimum Gasteiger partial charge on any atom is -0.366 e. The molecule has 0 aliphatic heterocycles. The number of thiophene rings is 1. The fraction of sp³-hybridized carbons (Fsp3) is 0.118. The number of carbonyl (C=O) groups is 2. The summed E-state index contributed by atoms with van der Waals surface area (Å²) in [7, 11) is 0. The zero-order valence-corrected chi connectivity index (χ0v) is 14.5. The first-order valence-electron chi connectivity index (χ1n) is 7.23. The molecular formula is C17H15N3O2S2. The Balaban J connectivity index is 1.68. The van der Waals surface area contributed by atoms with Gasteiger partial charge in [0, 0.05) is 12.1 Å². The van der Waals surface area contributed by atoms with E-state index in [-0.39, 0.29) is 5.91 Å². The second kappa shape index (κ2) is 6.94. The van der Waals surface area contributed by atoms with Gasteiger partial charge < -0.3 is 11.1 Å². The molecule has 0 bridgehead atoms.